The van der Waals surface area contributed by atoms with Gasteiger partial charge in [-0.05, 0) is 56.8 Å². The summed E-state index contributed by atoms with van der Waals surface area (Å²) in [7, 11) is -3.39. The van der Waals surface area contributed by atoms with E-state index in [1.807, 2.05) is 19.1 Å². The van der Waals surface area contributed by atoms with Gasteiger partial charge in [0, 0.05) is 5.54 Å². The van der Waals surface area contributed by atoms with Crippen LogP contribution in [0.3, 0.4) is 0 Å². The highest BCUT2D eigenvalue weighted by Gasteiger charge is 2.36. The van der Waals surface area contributed by atoms with Crippen LogP contribution in [0.5, 0.6) is 0 Å². The van der Waals surface area contributed by atoms with E-state index in [0.717, 1.165) is 31.2 Å². The van der Waals surface area contributed by atoms with Crippen LogP contribution >= 0.6 is 0 Å². The second-order valence-electron chi connectivity index (χ2n) is 5.20. The van der Waals surface area contributed by atoms with Gasteiger partial charge in [0.15, 0.2) is 0 Å². The average molecular weight is 268 g/mol. The SMILES string of the molecule is CC1(NS(=O)(=O)c2ccc(CCN)cc2)CCC1. The summed E-state index contributed by atoms with van der Waals surface area (Å²) in [5, 5.41) is 0. The molecule has 0 saturated heterocycles. The van der Waals surface area contributed by atoms with E-state index in [-0.39, 0.29) is 5.54 Å². The zero-order chi connectivity index (χ0) is 13.2. The van der Waals surface area contributed by atoms with Gasteiger partial charge in [-0.15, -0.1) is 0 Å². The van der Waals surface area contributed by atoms with Gasteiger partial charge in [-0.25, -0.2) is 13.1 Å². The first-order valence-electron chi connectivity index (χ1n) is 6.28. The van der Waals surface area contributed by atoms with Crippen LogP contribution in [0, 0.1) is 0 Å². The smallest absolute Gasteiger partial charge is 0.241 e. The van der Waals surface area contributed by atoms with E-state index in [9.17, 15) is 8.42 Å². The first kappa shape index (κ1) is 13.5. The molecule has 1 aromatic rings. The summed E-state index contributed by atoms with van der Waals surface area (Å²) in [6.45, 7) is 2.53. The molecule has 5 heteroatoms. The van der Waals surface area contributed by atoms with Gasteiger partial charge in [0.1, 0.15) is 0 Å². The number of nitrogens with one attached hydrogen (secondary N) is 1. The summed E-state index contributed by atoms with van der Waals surface area (Å²) >= 11 is 0. The van der Waals surface area contributed by atoms with Crippen molar-refractivity contribution in [3.63, 3.8) is 0 Å². The Morgan fingerprint density at radius 2 is 1.89 bits per heavy atom. The Kier molecular flexibility index (Phi) is 3.75. The number of sulfonamides is 1. The van der Waals surface area contributed by atoms with Crippen molar-refractivity contribution in [2.75, 3.05) is 6.54 Å². The zero-order valence-electron chi connectivity index (χ0n) is 10.6. The van der Waals surface area contributed by atoms with E-state index in [4.69, 9.17) is 5.73 Å². The number of nitrogens with two attached hydrogens (primary N) is 1. The van der Waals surface area contributed by atoms with Gasteiger partial charge in [0.05, 0.1) is 4.90 Å². The fraction of sp³-hybridized carbons (Fsp3) is 0.538. The van der Waals surface area contributed by atoms with E-state index < -0.39 is 10.0 Å². The molecule has 0 heterocycles. The summed E-state index contributed by atoms with van der Waals surface area (Å²) in [5.74, 6) is 0. The Hall–Kier alpha value is -0.910. The molecule has 2 rings (SSSR count). The van der Waals surface area contributed by atoms with Gasteiger partial charge in [0.2, 0.25) is 10.0 Å². The lowest BCUT2D eigenvalue weighted by molar-refractivity contribution is 0.248. The molecule has 1 aliphatic carbocycles. The van der Waals surface area contributed by atoms with Crippen LogP contribution in [0.4, 0.5) is 0 Å². The molecule has 0 amide bonds. The largest absolute Gasteiger partial charge is 0.330 e. The second-order valence-corrected chi connectivity index (χ2v) is 6.88. The molecule has 18 heavy (non-hydrogen) atoms. The van der Waals surface area contributed by atoms with E-state index in [0.29, 0.717) is 11.4 Å². The van der Waals surface area contributed by atoms with Crippen molar-refractivity contribution in [2.45, 2.75) is 43.0 Å². The van der Waals surface area contributed by atoms with Crippen LogP contribution in [-0.4, -0.2) is 20.5 Å². The summed E-state index contributed by atoms with van der Waals surface area (Å²) in [6.07, 6.45) is 3.69. The molecule has 0 atom stereocenters. The van der Waals surface area contributed by atoms with Crippen LogP contribution in [0.15, 0.2) is 29.2 Å². The topological polar surface area (TPSA) is 72.2 Å². The highest BCUT2D eigenvalue weighted by Crippen LogP contribution is 2.32. The molecular formula is C13H20N2O2S. The van der Waals surface area contributed by atoms with Crippen LogP contribution < -0.4 is 10.5 Å². The van der Waals surface area contributed by atoms with Crippen molar-refractivity contribution in [2.24, 2.45) is 5.73 Å². The molecule has 1 fully saturated rings. The third-order valence-corrected chi connectivity index (χ3v) is 5.16. The third kappa shape index (κ3) is 2.91. The van der Waals surface area contributed by atoms with Crippen LogP contribution in [-0.2, 0) is 16.4 Å². The molecule has 0 aliphatic heterocycles. The van der Waals surface area contributed by atoms with Crippen LogP contribution in [0.1, 0.15) is 31.7 Å². The number of hydrogen-bond acceptors (Lipinski definition) is 3. The maximum atomic E-state index is 12.2. The van der Waals surface area contributed by atoms with Crippen molar-refractivity contribution >= 4 is 10.0 Å². The first-order valence-corrected chi connectivity index (χ1v) is 7.77. The molecular weight excluding hydrogens is 248 g/mol. The number of benzene rings is 1. The van der Waals surface area contributed by atoms with Crippen molar-refractivity contribution in [1.29, 1.82) is 0 Å². The maximum absolute atomic E-state index is 12.2. The summed E-state index contributed by atoms with van der Waals surface area (Å²) in [4.78, 5) is 0.330. The minimum Gasteiger partial charge on any atom is -0.330 e. The van der Waals surface area contributed by atoms with Crippen LogP contribution in [0.25, 0.3) is 0 Å². The average Bonchev–Trinajstić information content (AvgIpc) is 2.28. The summed E-state index contributed by atoms with van der Waals surface area (Å²) < 4.78 is 27.1. The first-order chi connectivity index (χ1) is 8.45. The molecule has 1 aromatic carbocycles. The lowest BCUT2D eigenvalue weighted by atomic mass is 9.80. The molecule has 3 N–H and O–H groups in total. The molecule has 1 saturated carbocycles. The van der Waals surface area contributed by atoms with E-state index in [1.54, 1.807) is 12.1 Å². The van der Waals surface area contributed by atoms with Gasteiger partial charge in [-0.1, -0.05) is 12.1 Å². The molecule has 0 aromatic heterocycles. The lowest BCUT2D eigenvalue weighted by Crippen LogP contribution is -2.50. The highest BCUT2D eigenvalue weighted by atomic mass is 32.2. The fourth-order valence-electron chi connectivity index (χ4n) is 2.19. The predicted molar refractivity (Wildman–Crippen MR) is 71.8 cm³/mol. The fourth-order valence-corrected chi connectivity index (χ4v) is 3.66. The minimum absolute atomic E-state index is 0.255. The zero-order valence-corrected chi connectivity index (χ0v) is 11.5. The third-order valence-electron chi connectivity index (χ3n) is 3.50. The molecule has 0 unspecified atom stereocenters. The second kappa shape index (κ2) is 4.99. The van der Waals surface area contributed by atoms with Crippen LogP contribution in [0.2, 0.25) is 0 Å². The molecule has 100 valence electrons. The van der Waals surface area contributed by atoms with Gasteiger partial charge >= 0.3 is 0 Å². The Morgan fingerprint density at radius 3 is 2.33 bits per heavy atom. The maximum Gasteiger partial charge on any atom is 0.241 e. The Labute approximate surface area is 109 Å². The monoisotopic (exact) mass is 268 g/mol. The minimum atomic E-state index is -3.39. The van der Waals surface area contributed by atoms with Crippen molar-refractivity contribution in [3.05, 3.63) is 29.8 Å². The Bertz CT molecular complexity index is 504. The highest BCUT2D eigenvalue weighted by molar-refractivity contribution is 7.89. The van der Waals surface area contributed by atoms with E-state index in [1.165, 1.54) is 0 Å². The van der Waals surface area contributed by atoms with Crippen molar-refractivity contribution in [3.8, 4) is 0 Å². The lowest BCUT2D eigenvalue weighted by Gasteiger charge is -2.38. The summed E-state index contributed by atoms with van der Waals surface area (Å²) in [5.41, 5.74) is 6.27. The number of rotatable bonds is 5. The van der Waals surface area contributed by atoms with E-state index >= 15 is 0 Å². The van der Waals surface area contributed by atoms with E-state index in [2.05, 4.69) is 4.72 Å². The summed E-state index contributed by atoms with van der Waals surface area (Å²) in [6, 6.07) is 6.94. The standard InChI is InChI=1S/C13H20N2O2S/c1-13(8-2-9-13)15-18(16,17)12-5-3-11(4-6-12)7-10-14/h3-6,15H,2,7-10,14H2,1H3. The van der Waals surface area contributed by atoms with Crippen molar-refractivity contribution < 1.29 is 8.42 Å². The quantitative estimate of drug-likeness (QED) is 0.848. The molecule has 1 aliphatic rings. The van der Waals surface area contributed by atoms with Crippen molar-refractivity contribution in [1.82, 2.24) is 4.72 Å². The Balaban J connectivity index is 2.14. The molecule has 4 nitrogen and oxygen atoms in total. The van der Waals surface area contributed by atoms with Gasteiger partial charge in [0.25, 0.3) is 0 Å². The van der Waals surface area contributed by atoms with Gasteiger partial charge in [-0.3, -0.25) is 0 Å². The normalized spacial score (nSPS) is 18.3. The molecule has 0 spiro atoms. The molecule has 0 radical (unpaired) electrons. The van der Waals surface area contributed by atoms with Gasteiger partial charge in [-0.2, -0.15) is 0 Å². The Morgan fingerprint density at radius 1 is 1.28 bits per heavy atom. The predicted octanol–water partition coefficient (Wildman–Crippen LogP) is 1.41. The molecule has 0 bridgehead atoms. The van der Waals surface area contributed by atoms with Gasteiger partial charge < -0.3 is 5.73 Å². The number of hydrogen-bond donors (Lipinski definition) is 2.